The molecule has 1 aromatic heterocycles. The van der Waals surface area contributed by atoms with E-state index in [0.29, 0.717) is 5.69 Å². The molecule has 0 bridgehead atoms. The summed E-state index contributed by atoms with van der Waals surface area (Å²) in [5, 5.41) is 9.24. The Hall–Kier alpha value is -1.46. The maximum Gasteiger partial charge on any atom is 0.285 e. The predicted octanol–water partition coefficient (Wildman–Crippen LogP) is 2.77. The molecule has 0 fully saturated rings. The van der Waals surface area contributed by atoms with Gasteiger partial charge in [0.05, 0.1) is 11.9 Å². The number of anilines is 1. The minimum absolute atomic E-state index is 0.156. The first-order chi connectivity index (χ1) is 9.27. The number of benzene rings is 1. The van der Waals surface area contributed by atoms with Crippen molar-refractivity contribution in [1.29, 1.82) is 0 Å². The Labute approximate surface area is 120 Å². The zero-order chi connectivity index (χ0) is 13.5. The van der Waals surface area contributed by atoms with E-state index in [0.717, 1.165) is 18.1 Å². The first kappa shape index (κ1) is 14.0. The van der Waals surface area contributed by atoms with Gasteiger partial charge < -0.3 is 5.32 Å². The van der Waals surface area contributed by atoms with Crippen molar-refractivity contribution in [1.82, 2.24) is 10.2 Å². The lowest BCUT2D eigenvalue weighted by molar-refractivity contribution is 0.985. The van der Waals surface area contributed by atoms with Crippen molar-refractivity contribution >= 4 is 29.1 Å². The van der Waals surface area contributed by atoms with E-state index >= 15 is 0 Å². The molecule has 0 saturated carbocycles. The Morgan fingerprint density at radius 3 is 2.89 bits per heavy atom. The summed E-state index contributed by atoms with van der Waals surface area (Å²) >= 11 is 7.67. The Kier molecular flexibility index (Phi) is 5.30. The standard InChI is InChI=1S/C13H14ClN3OS/c14-12-11(8-16-17-13(12)18)15-6-7-19-9-10-4-2-1-3-5-10/h1-5,8H,6-7,9H2,(H2,15,17,18). The van der Waals surface area contributed by atoms with Gasteiger partial charge in [0.25, 0.3) is 5.56 Å². The zero-order valence-electron chi connectivity index (χ0n) is 10.2. The molecular weight excluding hydrogens is 282 g/mol. The first-order valence-corrected chi connectivity index (χ1v) is 7.39. The van der Waals surface area contributed by atoms with Gasteiger partial charge in [-0.3, -0.25) is 4.79 Å². The Balaban J connectivity index is 1.72. The number of aromatic nitrogens is 2. The van der Waals surface area contributed by atoms with Gasteiger partial charge in [-0.25, -0.2) is 5.10 Å². The molecule has 0 amide bonds. The molecule has 2 N–H and O–H groups in total. The van der Waals surface area contributed by atoms with E-state index in [1.807, 2.05) is 30.0 Å². The summed E-state index contributed by atoms with van der Waals surface area (Å²) in [6.45, 7) is 0.738. The maximum atomic E-state index is 11.2. The molecule has 100 valence electrons. The summed E-state index contributed by atoms with van der Waals surface area (Å²) in [6, 6.07) is 10.3. The highest BCUT2D eigenvalue weighted by Gasteiger charge is 2.03. The number of hydrogen-bond acceptors (Lipinski definition) is 4. The van der Waals surface area contributed by atoms with E-state index in [9.17, 15) is 4.79 Å². The molecule has 0 saturated heterocycles. The van der Waals surface area contributed by atoms with Crippen LogP contribution in [0.2, 0.25) is 5.02 Å². The van der Waals surface area contributed by atoms with Gasteiger partial charge in [0.1, 0.15) is 5.02 Å². The summed E-state index contributed by atoms with van der Waals surface area (Å²) in [7, 11) is 0. The molecule has 0 unspecified atom stereocenters. The predicted molar refractivity (Wildman–Crippen MR) is 81.0 cm³/mol. The van der Waals surface area contributed by atoms with E-state index < -0.39 is 0 Å². The van der Waals surface area contributed by atoms with Crippen molar-refractivity contribution in [2.24, 2.45) is 0 Å². The number of aromatic amines is 1. The normalized spacial score (nSPS) is 10.4. The molecule has 0 spiro atoms. The number of rotatable bonds is 6. The molecule has 0 aliphatic rings. The third-order valence-electron chi connectivity index (χ3n) is 2.47. The van der Waals surface area contributed by atoms with E-state index in [1.54, 1.807) is 0 Å². The topological polar surface area (TPSA) is 57.8 Å². The fourth-order valence-electron chi connectivity index (χ4n) is 1.53. The highest BCUT2D eigenvalue weighted by Crippen LogP contribution is 2.15. The lowest BCUT2D eigenvalue weighted by atomic mass is 10.2. The number of nitrogens with zero attached hydrogens (tertiary/aromatic N) is 1. The fourth-order valence-corrected chi connectivity index (χ4v) is 2.51. The van der Waals surface area contributed by atoms with Gasteiger partial charge in [-0.05, 0) is 5.56 Å². The molecule has 1 heterocycles. The largest absolute Gasteiger partial charge is 0.382 e. The quantitative estimate of drug-likeness (QED) is 0.805. The van der Waals surface area contributed by atoms with Gasteiger partial charge in [-0.15, -0.1) is 0 Å². The molecular formula is C13H14ClN3OS. The third-order valence-corrected chi connectivity index (χ3v) is 3.87. The van der Waals surface area contributed by atoms with Crippen LogP contribution in [-0.4, -0.2) is 22.5 Å². The molecule has 1 aromatic carbocycles. The molecule has 6 heteroatoms. The van der Waals surface area contributed by atoms with Crippen molar-refractivity contribution in [3.8, 4) is 0 Å². The minimum Gasteiger partial charge on any atom is -0.382 e. The number of thioether (sulfide) groups is 1. The van der Waals surface area contributed by atoms with Crippen molar-refractivity contribution in [2.75, 3.05) is 17.6 Å². The van der Waals surface area contributed by atoms with Crippen LogP contribution in [0.3, 0.4) is 0 Å². The molecule has 19 heavy (non-hydrogen) atoms. The molecule has 4 nitrogen and oxygen atoms in total. The van der Waals surface area contributed by atoms with Crippen LogP contribution < -0.4 is 10.9 Å². The monoisotopic (exact) mass is 295 g/mol. The van der Waals surface area contributed by atoms with Gasteiger partial charge in [0.15, 0.2) is 0 Å². The van der Waals surface area contributed by atoms with E-state index in [2.05, 4.69) is 27.6 Å². The zero-order valence-corrected chi connectivity index (χ0v) is 11.8. The van der Waals surface area contributed by atoms with Crippen LogP contribution in [0.15, 0.2) is 41.3 Å². The van der Waals surface area contributed by atoms with Crippen LogP contribution in [0.4, 0.5) is 5.69 Å². The van der Waals surface area contributed by atoms with Crippen LogP contribution in [0.1, 0.15) is 5.56 Å². The second-order valence-corrected chi connectivity index (χ2v) is 5.37. The van der Waals surface area contributed by atoms with E-state index in [4.69, 9.17) is 11.6 Å². The summed E-state index contributed by atoms with van der Waals surface area (Å²) < 4.78 is 0. The lowest BCUT2D eigenvalue weighted by Gasteiger charge is -2.06. The Morgan fingerprint density at radius 2 is 2.11 bits per heavy atom. The summed E-state index contributed by atoms with van der Waals surface area (Å²) in [6.07, 6.45) is 1.52. The molecule has 2 aromatic rings. The number of hydrogen-bond donors (Lipinski definition) is 2. The summed E-state index contributed by atoms with van der Waals surface area (Å²) in [5.74, 6) is 1.90. The smallest absolute Gasteiger partial charge is 0.285 e. The van der Waals surface area contributed by atoms with Crippen LogP contribution >= 0.6 is 23.4 Å². The van der Waals surface area contributed by atoms with Gasteiger partial charge in [0, 0.05) is 18.1 Å². The second-order valence-electron chi connectivity index (χ2n) is 3.89. The average Bonchev–Trinajstić information content (AvgIpc) is 2.44. The Bertz CT molecular complexity index is 574. The molecule has 2 rings (SSSR count). The Morgan fingerprint density at radius 1 is 1.32 bits per heavy atom. The van der Waals surface area contributed by atoms with Crippen LogP contribution in [0.5, 0.6) is 0 Å². The number of nitrogens with one attached hydrogen (secondary N) is 2. The van der Waals surface area contributed by atoms with Crippen LogP contribution in [0, 0.1) is 0 Å². The molecule has 0 radical (unpaired) electrons. The van der Waals surface area contributed by atoms with Crippen molar-refractivity contribution in [2.45, 2.75) is 5.75 Å². The number of H-pyrrole nitrogens is 1. The SMILES string of the molecule is O=c1[nH]ncc(NCCSCc2ccccc2)c1Cl. The van der Waals surface area contributed by atoms with Crippen LogP contribution in [0.25, 0.3) is 0 Å². The van der Waals surface area contributed by atoms with Crippen molar-refractivity contribution in [3.05, 3.63) is 57.5 Å². The average molecular weight is 296 g/mol. The van der Waals surface area contributed by atoms with Gasteiger partial charge >= 0.3 is 0 Å². The highest BCUT2D eigenvalue weighted by molar-refractivity contribution is 7.98. The van der Waals surface area contributed by atoms with Gasteiger partial charge in [-0.2, -0.15) is 16.9 Å². The van der Waals surface area contributed by atoms with Crippen LogP contribution in [-0.2, 0) is 5.75 Å². The summed E-state index contributed by atoms with van der Waals surface area (Å²) in [5.41, 5.74) is 1.51. The minimum atomic E-state index is -0.372. The van der Waals surface area contributed by atoms with E-state index in [-0.39, 0.29) is 10.6 Å². The fraction of sp³-hybridized carbons (Fsp3) is 0.231. The molecule has 0 atom stereocenters. The van der Waals surface area contributed by atoms with Gasteiger partial charge in [-0.1, -0.05) is 41.9 Å². The maximum absolute atomic E-state index is 11.2. The molecule has 0 aliphatic heterocycles. The third kappa shape index (κ3) is 4.29. The first-order valence-electron chi connectivity index (χ1n) is 5.86. The van der Waals surface area contributed by atoms with Crippen molar-refractivity contribution < 1.29 is 0 Å². The number of halogens is 1. The highest BCUT2D eigenvalue weighted by atomic mass is 35.5. The molecule has 0 aliphatic carbocycles. The summed E-state index contributed by atoms with van der Waals surface area (Å²) in [4.78, 5) is 11.2. The van der Waals surface area contributed by atoms with Gasteiger partial charge in [0.2, 0.25) is 0 Å². The lowest BCUT2D eigenvalue weighted by Crippen LogP contribution is -2.13. The van der Waals surface area contributed by atoms with E-state index in [1.165, 1.54) is 11.8 Å². The second kappa shape index (κ2) is 7.21. The van der Waals surface area contributed by atoms with Crippen molar-refractivity contribution in [3.63, 3.8) is 0 Å².